The van der Waals surface area contributed by atoms with Gasteiger partial charge < -0.3 is 10.1 Å². The molecule has 1 fully saturated rings. The highest BCUT2D eigenvalue weighted by atomic mass is 16.5. The fourth-order valence-corrected chi connectivity index (χ4v) is 4.94. The van der Waals surface area contributed by atoms with E-state index in [0.717, 1.165) is 60.6 Å². The van der Waals surface area contributed by atoms with E-state index in [1.54, 1.807) is 31.0 Å². The highest BCUT2D eigenvalue weighted by Crippen LogP contribution is 2.44. The molecule has 1 aromatic carbocycles. The maximum absolute atomic E-state index is 12.9. The molecule has 2 aromatic heterocycles. The minimum Gasteiger partial charge on any atom is -0.496 e. The topological polar surface area (TPSA) is 95.8 Å². The van der Waals surface area contributed by atoms with Crippen LogP contribution in [0.5, 0.6) is 5.75 Å². The maximum Gasteiger partial charge on any atom is 0.389 e. The van der Waals surface area contributed by atoms with Crippen LogP contribution in [0.15, 0.2) is 48.9 Å². The lowest BCUT2D eigenvalue weighted by molar-refractivity contribution is -0.364. The van der Waals surface area contributed by atoms with Crippen LogP contribution in [-0.2, 0) is 11.8 Å². The van der Waals surface area contributed by atoms with Gasteiger partial charge in [-0.3, -0.25) is 4.68 Å². The minimum atomic E-state index is 0.0182. The number of nitrogens with one attached hydrogen (secondary N) is 1. The fraction of sp³-hybridized carbons (Fsp3) is 0.393. The summed E-state index contributed by atoms with van der Waals surface area (Å²) < 4.78 is 9.35. The van der Waals surface area contributed by atoms with Gasteiger partial charge in [0.25, 0.3) is 0 Å². The number of nitrogens with zero attached hydrogens (tertiary/aromatic N) is 5. The molecule has 2 atom stereocenters. The first-order valence-electron chi connectivity index (χ1n) is 12.4. The number of hydrogen-bond donors (Lipinski definition) is 1. The van der Waals surface area contributed by atoms with Gasteiger partial charge in [0.1, 0.15) is 17.6 Å². The van der Waals surface area contributed by atoms with E-state index < -0.39 is 0 Å². The molecule has 0 aliphatic heterocycles. The molecule has 1 aliphatic carbocycles. The van der Waals surface area contributed by atoms with Crippen molar-refractivity contribution in [3.8, 4) is 22.9 Å². The van der Waals surface area contributed by atoms with Gasteiger partial charge in [-0.05, 0) is 37.5 Å². The first-order chi connectivity index (χ1) is 17.5. The second-order valence-corrected chi connectivity index (χ2v) is 9.18. The van der Waals surface area contributed by atoms with Crippen molar-refractivity contribution < 1.29 is 14.1 Å². The van der Waals surface area contributed by atoms with Crippen molar-refractivity contribution in [3.63, 3.8) is 0 Å². The number of nitriles is 1. The van der Waals surface area contributed by atoms with E-state index in [1.165, 1.54) is 5.71 Å². The molecule has 2 unspecified atom stereocenters. The minimum absolute atomic E-state index is 0.0182. The van der Waals surface area contributed by atoms with Gasteiger partial charge in [-0.15, -0.1) is 4.58 Å². The van der Waals surface area contributed by atoms with Gasteiger partial charge in [0.05, 0.1) is 43.7 Å². The molecule has 8 heteroatoms. The molecule has 3 aromatic rings. The second-order valence-electron chi connectivity index (χ2n) is 9.18. The Balaban J connectivity index is 1.52. The lowest BCUT2D eigenvalue weighted by Crippen LogP contribution is -2.16. The van der Waals surface area contributed by atoms with Crippen LogP contribution in [0.3, 0.4) is 0 Å². The number of carbonyl (C=O) groups excluding carboxylic acids is 1. The Kier molecular flexibility index (Phi) is 7.79. The Labute approximate surface area is 212 Å². The Morgan fingerprint density at radius 3 is 2.64 bits per heavy atom. The van der Waals surface area contributed by atoms with Gasteiger partial charge in [-0.1, -0.05) is 13.3 Å². The molecular formula is C28H33N6O2+. The number of carbonyl (C=O) groups is 1. The van der Waals surface area contributed by atoms with Crippen LogP contribution in [0.4, 0.5) is 11.5 Å². The second kappa shape index (κ2) is 11.2. The average Bonchev–Trinajstić information content (AvgIpc) is 3.34. The molecule has 186 valence electrons. The van der Waals surface area contributed by atoms with Crippen molar-refractivity contribution in [1.82, 2.24) is 14.8 Å². The molecule has 0 radical (unpaired) electrons. The number of anilines is 1. The van der Waals surface area contributed by atoms with Gasteiger partial charge in [0.2, 0.25) is 5.69 Å². The van der Waals surface area contributed by atoms with Gasteiger partial charge in [-0.2, -0.15) is 10.4 Å². The van der Waals surface area contributed by atoms with E-state index in [4.69, 9.17) is 10.00 Å². The first kappa shape index (κ1) is 25.1. The first-order valence-corrected chi connectivity index (χ1v) is 12.4. The largest absolute Gasteiger partial charge is 0.496 e. The molecule has 1 amide bonds. The summed E-state index contributed by atoms with van der Waals surface area (Å²) in [6.45, 7) is 4.61. The number of rotatable bonds is 10. The molecule has 0 saturated heterocycles. The van der Waals surface area contributed by atoms with Crippen LogP contribution in [0.2, 0.25) is 0 Å². The van der Waals surface area contributed by atoms with E-state index in [9.17, 15) is 4.79 Å². The molecule has 8 nitrogen and oxygen atoms in total. The van der Waals surface area contributed by atoms with Crippen LogP contribution < -0.4 is 10.1 Å². The number of ether oxygens (including phenoxy) is 1. The third-order valence-electron chi connectivity index (χ3n) is 6.66. The van der Waals surface area contributed by atoms with Crippen molar-refractivity contribution >= 4 is 23.1 Å². The van der Waals surface area contributed by atoms with E-state index >= 15 is 0 Å². The summed E-state index contributed by atoms with van der Waals surface area (Å²) in [4.78, 5) is 17.1. The maximum atomic E-state index is 12.9. The molecule has 0 bridgehead atoms. The highest BCUT2D eigenvalue weighted by molar-refractivity contribution is 6.03. The number of pyridine rings is 1. The van der Waals surface area contributed by atoms with E-state index in [-0.39, 0.29) is 5.91 Å². The molecule has 2 heterocycles. The van der Waals surface area contributed by atoms with Crippen LogP contribution in [0.1, 0.15) is 45.1 Å². The zero-order chi connectivity index (χ0) is 25.7. The normalized spacial score (nSPS) is 17.9. The summed E-state index contributed by atoms with van der Waals surface area (Å²) in [6.07, 6.45) is 9.44. The van der Waals surface area contributed by atoms with Crippen molar-refractivity contribution in [2.75, 3.05) is 19.0 Å². The molecule has 1 saturated carbocycles. The third-order valence-corrected chi connectivity index (χ3v) is 6.66. The van der Waals surface area contributed by atoms with Gasteiger partial charge in [-0.25, -0.2) is 9.78 Å². The summed E-state index contributed by atoms with van der Waals surface area (Å²) in [6, 6.07) is 11.6. The molecule has 1 aliphatic rings. The number of benzene rings is 1. The highest BCUT2D eigenvalue weighted by Gasteiger charge is 2.54. The molecule has 36 heavy (non-hydrogen) atoms. The lowest BCUT2D eigenvalue weighted by Gasteiger charge is -2.08. The fourth-order valence-electron chi connectivity index (χ4n) is 4.94. The summed E-state index contributed by atoms with van der Waals surface area (Å²) in [5.74, 6) is 2.30. The van der Waals surface area contributed by atoms with Crippen LogP contribution >= 0.6 is 0 Å². The quantitative estimate of drug-likeness (QED) is 0.323. The van der Waals surface area contributed by atoms with E-state index in [1.807, 2.05) is 48.3 Å². The van der Waals surface area contributed by atoms with Crippen molar-refractivity contribution in [1.29, 1.82) is 5.26 Å². The molecule has 1 N–H and O–H groups in total. The predicted molar refractivity (Wildman–Crippen MR) is 139 cm³/mol. The van der Waals surface area contributed by atoms with E-state index in [0.29, 0.717) is 17.4 Å². The number of hydrogen-bond acceptors (Lipinski definition) is 6. The number of aryl methyl sites for hydroxylation is 1. The Morgan fingerprint density at radius 2 is 2.03 bits per heavy atom. The summed E-state index contributed by atoms with van der Waals surface area (Å²) >= 11 is 0. The Hall–Kier alpha value is -3.99. The zero-order valence-electron chi connectivity index (χ0n) is 21.4. The van der Waals surface area contributed by atoms with Crippen LogP contribution in [-0.4, -0.2) is 44.6 Å². The summed E-state index contributed by atoms with van der Waals surface area (Å²) in [5, 5.41) is 16.5. The Morgan fingerprint density at radius 1 is 1.22 bits per heavy atom. The summed E-state index contributed by atoms with van der Waals surface area (Å²) in [7, 11) is 3.54. The number of methoxy groups -OCH3 is 1. The van der Waals surface area contributed by atoms with Gasteiger partial charge in [0, 0.05) is 43.2 Å². The summed E-state index contributed by atoms with van der Waals surface area (Å²) in [5.41, 5.74) is 4.51. The van der Waals surface area contributed by atoms with Crippen LogP contribution in [0, 0.1) is 23.2 Å². The third kappa shape index (κ3) is 5.46. The standard InChI is InChI=1S/C28H33N6O2/c1-5-7-24-25(8-6-13-30-27-12-9-20(15-29)16-31-27)28(24)34(19(2)35)22-10-11-23(26(14-22)36-4)21-17-32-33(3)18-21/h9-12,14,16-18,24-25H,5-8,13H2,1-4H3,(H,30,31)/q+1/b34-28+. The van der Waals surface area contributed by atoms with Crippen molar-refractivity contribution in [2.45, 2.75) is 39.5 Å². The van der Waals surface area contributed by atoms with Gasteiger partial charge >= 0.3 is 5.91 Å². The zero-order valence-corrected chi connectivity index (χ0v) is 21.4. The van der Waals surface area contributed by atoms with Crippen LogP contribution in [0.25, 0.3) is 11.1 Å². The molecule has 4 rings (SSSR count). The number of aromatic nitrogens is 3. The average molecular weight is 486 g/mol. The van der Waals surface area contributed by atoms with E-state index in [2.05, 4.69) is 28.4 Å². The molecular weight excluding hydrogens is 452 g/mol. The van der Waals surface area contributed by atoms with Crippen molar-refractivity contribution in [2.24, 2.45) is 18.9 Å². The monoisotopic (exact) mass is 485 g/mol. The smallest absolute Gasteiger partial charge is 0.389 e. The molecule has 0 spiro atoms. The lowest BCUT2D eigenvalue weighted by atomic mass is 10.1. The Bertz CT molecular complexity index is 1300. The van der Waals surface area contributed by atoms with Crippen molar-refractivity contribution in [3.05, 3.63) is 54.5 Å². The number of amides is 1. The van der Waals surface area contributed by atoms with Gasteiger partial charge in [0.15, 0.2) is 5.71 Å². The predicted octanol–water partition coefficient (Wildman–Crippen LogP) is 4.93. The SMILES string of the molecule is CCCC1/C(=[N+](/C(C)=O)c2ccc(-c3cnn(C)c3)c(OC)c2)C1CCCNc1ccc(C#N)cn1.